The van der Waals surface area contributed by atoms with E-state index in [1.807, 2.05) is 18.2 Å². The lowest BCUT2D eigenvalue weighted by atomic mass is 10.2. The Morgan fingerprint density at radius 3 is 2.53 bits per heavy atom. The van der Waals surface area contributed by atoms with Crippen LogP contribution in [0.1, 0.15) is 24.8 Å². The summed E-state index contributed by atoms with van der Waals surface area (Å²) in [5, 5.41) is 0. The summed E-state index contributed by atoms with van der Waals surface area (Å²) in [4.78, 5) is 15.1. The monoisotopic (exact) mass is 428 g/mol. The van der Waals surface area contributed by atoms with Gasteiger partial charge in [-0.15, -0.1) is 0 Å². The molecule has 0 unspecified atom stereocenters. The molecule has 3 aliphatic rings. The molecule has 0 spiro atoms. The van der Waals surface area contributed by atoms with E-state index in [4.69, 9.17) is 9.47 Å². The van der Waals surface area contributed by atoms with E-state index in [2.05, 4.69) is 0 Å². The maximum atomic E-state index is 13.1. The summed E-state index contributed by atoms with van der Waals surface area (Å²) in [5.41, 5.74) is 1.62. The van der Waals surface area contributed by atoms with Gasteiger partial charge in [-0.05, 0) is 55.2 Å². The number of piperidine rings is 1. The molecule has 0 saturated carbocycles. The zero-order valence-corrected chi connectivity index (χ0v) is 17.4. The van der Waals surface area contributed by atoms with Crippen LogP contribution >= 0.6 is 0 Å². The number of para-hydroxylation sites is 2. The molecule has 5 rings (SSSR count). The minimum absolute atomic E-state index is 0.156. The number of fused-ring (bicyclic) bond motifs is 2. The Morgan fingerprint density at radius 1 is 0.967 bits per heavy atom. The average molecular weight is 429 g/mol. The third kappa shape index (κ3) is 3.33. The lowest BCUT2D eigenvalue weighted by Crippen LogP contribution is -2.46. The molecule has 1 fully saturated rings. The maximum Gasteiger partial charge on any atom is 0.271 e. The highest BCUT2D eigenvalue weighted by molar-refractivity contribution is 7.89. The van der Waals surface area contributed by atoms with Crippen molar-refractivity contribution in [1.29, 1.82) is 0 Å². The molecule has 158 valence electrons. The highest BCUT2D eigenvalue weighted by Gasteiger charge is 2.35. The number of sulfonamides is 1. The van der Waals surface area contributed by atoms with Crippen LogP contribution in [-0.4, -0.2) is 51.0 Å². The number of rotatable bonds is 3. The Kier molecular flexibility index (Phi) is 4.91. The van der Waals surface area contributed by atoms with Crippen molar-refractivity contribution in [2.75, 3.05) is 31.1 Å². The largest absolute Gasteiger partial charge is 0.485 e. The molecule has 0 N–H and O–H groups in total. The van der Waals surface area contributed by atoms with Crippen molar-refractivity contribution in [3.05, 3.63) is 48.0 Å². The molecule has 0 aromatic heterocycles. The van der Waals surface area contributed by atoms with Crippen LogP contribution in [0.15, 0.2) is 47.4 Å². The minimum atomic E-state index is -3.49. The van der Waals surface area contributed by atoms with Gasteiger partial charge in [0.2, 0.25) is 16.1 Å². The lowest BCUT2D eigenvalue weighted by Gasteiger charge is -2.29. The van der Waals surface area contributed by atoms with Crippen LogP contribution in [0.4, 0.5) is 5.69 Å². The molecule has 0 radical (unpaired) electrons. The number of amides is 1. The van der Waals surface area contributed by atoms with Crippen LogP contribution in [0.5, 0.6) is 11.5 Å². The standard InChI is InChI=1S/C22H24N2O5S/c25-22(21-15-28-19-6-2-3-7-20(19)29-21)24-13-10-16-14-17(8-9-18(16)24)30(26,27)23-11-4-1-5-12-23/h2-3,6-9,14,21H,1,4-5,10-13,15H2/t21-/m1/s1. The summed E-state index contributed by atoms with van der Waals surface area (Å²) in [6, 6.07) is 12.4. The topological polar surface area (TPSA) is 76.1 Å². The average Bonchev–Trinajstić information content (AvgIpc) is 3.22. The van der Waals surface area contributed by atoms with Crippen molar-refractivity contribution >= 4 is 21.6 Å². The fourth-order valence-corrected chi connectivity index (χ4v) is 5.91. The number of benzene rings is 2. The molecule has 30 heavy (non-hydrogen) atoms. The van der Waals surface area contributed by atoms with Gasteiger partial charge in [0.05, 0.1) is 4.90 Å². The molecule has 0 aliphatic carbocycles. The molecule has 1 amide bonds. The van der Waals surface area contributed by atoms with E-state index in [0.717, 1.165) is 30.5 Å². The summed E-state index contributed by atoms with van der Waals surface area (Å²) < 4.78 is 39.1. The van der Waals surface area contributed by atoms with E-state index in [0.29, 0.717) is 42.4 Å². The normalized spacial score (nSPS) is 21.3. The van der Waals surface area contributed by atoms with Crippen LogP contribution in [0.25, 0.3) is 0 Å². The molecule has 7 nitrogen and oxygen atoms in total. The van der Waals surface area contributed by atoms with E-state index < -0.39 is 16.1 Å². The van der Waals surface area contributed by atoms with Gasteiger partial charge in [0.15, 0.2) is 11.5 Å². The van der Waals surface area contributed by atoms with Gasteiger partial charge in [-0.3, -0.25) is 4.79 Å². The third-order valence-corrected chi connectivity index (χ3v) is 7.84. The van der Waals surface area contributed by atoms with E-state index in [-0.39, 0.29) is 12.5 Å². The summed E-state index contributed by atoms with van der Waals surface area (Å²) in [5.74, 6) is 1.02. The van der Waals surface area contributed by atoms with E-state index in [1.54, 1.807) is 33.5 Å². The Bertz CT molecular complexity index is 1080. The SMILES string of the molecule is O=C([C@H]1COc2ccccc2O1)N1CCc2cc(S(=O)(=O)N3CCCCC3)ccc21. The molecule has 2 aromatic carbocycles. The molecule has 2 aromatic rings. The predicted molar refractivity (Wildman–Crippen MR) is 111 cm³/mol. The van der Waals surface area contributed by atoms with Gasteiger partial charge < -0.3 is 14.4 Å². The number of carbonyl (C=O) groups excluding carboxylic acids is 1. The molecule has 1 saturated heterocycles. The highest BCUT2D eigenvalue weighted by atomic mass is 32.2. The van der Waals surface area contributed by atoms with Crippen molar-refractivity contribution in [2.45, 2.75) is 36.7 Å². The smallest absolute Gasteiger partial charge is 0.271 e. The summed E-state index contributed by atoms with van der Waals surface area (Å²) >= 11 is 0. The summed E-state index contributed by atoms with van der Waals surface area (Å²) in [6.07, 6.45) is 2.78. The quantitative estimate of drug-likeness (QED) is 0.751. The third-order valence-electron chi connectivity index (χ3n) is 5.95. The van der Waals surface area contributed by atoms with Gasteiger partial charge in [0.1, 0.15) is 6.61 Å². The van der Waals surface area contributed by atoms with Gasteiger partial charge in [-0.2, -0.15) is 4.31 Å². The second-order valence-electron chi connectivity index (χ2n) is 7.86. The first-order valence-electron chi connectivity index (χ1n) is 10.4. The summed E-state index contributed by atoms with van der Waals surface area (Å²) in [7, 11) is -3.49. The maximum absolute atomic E-state index is 13.1. The van der Waals surface area contributed by atoms with Gasteiger partial charge in [-0.1, -0.05) is 18.6 Å². The zero-order chi connectivity index (χ0) is 20.7. The Balaban J connectivity index is 1.36. The van der Waals surface area contributed by atoms with E-state index in [9.17, 15) is 13.2 Å². The first kappa shape index (κ1) is 19.4. The van der Waals surface area contributed by atoms with E-state index in [1.165, 1.54) is 0 Å². The molecule has 8 heteroatoms. The van der Waals surface area contributed by atoms with Crippen LogP contribution in [0.2, 0.25) is 0 Å². The second-order valence-corrected chi connectivity index (χ2v) is 9.80. The van der Waals surface area contributed by atoms with Crippen molar-refractivity contribution in [2.24, 2.45) is 0 Å². The Labute approximate surface area is 176 Å². The second kappa shape index (κ2) is 7.59. The zero-order valence-electron chi connectivity index (χ0n) is 16.6. The van der Waals surface area contributed by atoms with Crippen LogP contribution in [-0.2, 0) is 21.2 Å². The predicted octanol–water partition coefficient (Wildman–Crippen LogP) is 2.59. The number of carbonyl (C=O) groups is 1. The number of hydrogen-bond donors (Lipinski definition) is 0. The number of nitrogens with zero attached hydrogens (tertiary/aromatic N) is 2. The molecule has 1 atom stereocenters. The molecule has 0 bridgehead atoms. The molecule has 3 aliphatic heterocycles. The first-order valence-corrected chi connectivity index (χ1v) is 11.8. The number of hydrogen-bond acceptors (Lipinski definition) is 5. The van der Waals surface area contributed by atoms with Crippen molar-refractivity contribution in [3.63, 3.8) is 0 Å². The Morgan fingerprint density at radius 2 is 1.73 bits per heavy atom. The van der Waals surface area contributed by atoms with Gasteiger partial charge in [0, 0.05) is 25.3 Å². The highest BCUT2D eigenvalue weighted by Crippen LogP contribution is 2.35. The summed E-state index contributed by atoms with van der Waals surface area (Å²) in [6.45, 7) is 1.81. The number of anilines is 1. The molecular weight excluding hydrogens is 404 g/mol. The first-order chi connectivity index (χ1) is 14.5. The van der Waals surface area contributed by atoms with Crippen LogP contribution in [0.3, 0.4) is 0 Å². The van der Waals surface area contributed by atoms with Crippen molar-refractivity contribution in [3.8, 4) is 11.5 Å². The molecule has 3 heterocycles. The van der Waals surface area contributed by atoms with Crippen molar-refractivity contribution in [1.82, 2.24) is 4.31 Å². The Hall–Kier alpha value is -2.58. The van der Waals surface area contributed by atoms with Gasteiger partial charge in [-0.25, -0.2) is 8.42 Å². The van der Waals surface area contributed by atoms with Crippen LogP contribution < -0.4 is 14.4 Å². The van der Waals surface area contributed by atoms with Gasteiger partial charge in [0.25, 0.3) is 5.91 Å². The fraction of sp³-hybridized carbons (Fsp3) is 0.409. The number of ether oxygens (including phenoxy) is 2. The van der Waals surface area contributed by atoms with Crippen molar-refractivity contribution < 1.29 is 22.7 Å². The fourth-order valence-electron chi connectivity index (χ4n) is 4.34. The van der Waals surface area contributed by atoms with Gasteiger partial charge >= 0.3 is 0 Å². The van der Waals surface area contributed by atoms with Crippen LogP contribution in [0, 0.1) is 0 Å². The minimum Gasteiger partial charge on any atom is -0.485 e. The lowest BCUT2D eigenvalue weighted by molar-refractivity contribution is -0.127. The van der Waals surface area contributed by atoms with E-state index >= 15 is 0 Å². The molecular formula is C22H24N2O5S.